The van der Waals surface area contributed by atoms with Gasteiger partial charge in [0.25, 0.3) is 5.91 Å². The summed E-state index contributed by atoms with van der Waals surface area (Å²) in [6.07, 6.45) is 3.22. The summed E-state index contributed by atoms with van der Waals surface area (Å²) in [5.74, 6) is -0.116. The van der Waals surface area contributed by atoms with Crippen molar-refractivity contribution in [1.82, 2.24) is 15.1 Å². The lowest BCUT2D eigenvalue weighted by atomic mass is 9.95. The summed E-state index contributed by atoms with van der Waals surface area (Å²) in [4.78, 5) is 32.2. The molecule has 3 fully saturated rings. The summed E-state index contributed by atoms with van der Waals surface area (Å²) in [5, 5.41) is 3.12. The van der Waals surface area contributed by atoms with Crippen LogP contribution in [-0.4, -0.2) is 67.6 Å². The van der Waals surface area contributed by atoms with Crippen LogP contribution in [0.1, 0.15) is 34.5 Å². The molecule has 0 unspecified atom stereocenters. The normalized spacial score (nSPS) is 24.1. The molecule has 2 aliphatic heterocycles. The number of urea groups is 1. The van der Waals surface area contributed by atoms with Crippen molar-refractivity contribution < 1.29 is 9.59 Å². The molecule has 3 heterocycles. The number of carbonyl (C=O) groups excluding carboxylic acids is 2. The number of hydrogen-bond donors (Lipinski definition) is 1. The Hall–Kier alpha value is -2.09. The topological polar surface area (TPSA) is 55.9 Å². The van der Waals surface area contributed by atoms with Gasteiger partial charge in [0.1, 0.15) is 0 Å². The SMILES string of the molecule is CN(C)CC1(c2ccc(N3C[C@@H]4[C@H](NC(=O)c5ccc(Cl)s5)CCN4C3=O)cc2)CC1. The zero-order valence-electron chi connectivity index (χ0n) is 17.8. The molecule has 1 aromatic heterocycles. The maximum atomic E-state index is 13.0. The van der Waals surface area contributed by atoms with Crippen molar-refractivity contribution in [2.75, 3.05) is 38.6 Å². The fourth-order valence-electron chi connectivity index (χ4n) is 5.09. The minimum atomic E-state index is -0.116. The van der Waals surface area contributed by atoms with Gasteiger partial charge in [-0.3, -0.25) is 9.69 Å². The van der Waals surface area contributed by atoms with Crippen LogP contribution in [-0.2, 0) is 5.41 Å². The van der Waals surface area contributed by atoms with Crippen molar-refractivity contribution in [2.24, 2.45) is 0 Å². The Morgan fingerprint density at radius 1 is 1.23 bits per heavy atom. The van der Waals surface area contributed by atoms with Gasteiger partial charge in [0.2, 0.25) is 0 Å². The van der Waals surface area contributed by atoms with Crippen LogP contribution in [0.3, 0.4) is 0 Å². The van der Waals surface area contributed by atoms with E-state index in [0.29, 0.717) is 22.3 Å². The highest BCUT2D eigenvalue weighted by atomic mass is 35.5. The molecule has 2 saturated heterocycles. The lowest BCUT2D eigenvalue weighted by molar-refractivity contribution is 0.0935. The van der Waals surface area contributed by atoms with Crippen molar-refractivity contribution in [3.05, 3.63) is 51.2 Å². The summed E-state index contributed by atoms with van der Waals surface area (Å²) in [6, 6.07) is 12.0. The lowest BCUT2D eigenvalue weighted by Crippen LogP contribution is -2.44. The van der Waals surface area contributed by atoms with Crippen LogP contribution in [0.4, 0.5) is 10.5 Å². The molecule has 6 nitrogen and oxygen atoms in total. The molecule has 8 heteroatoms. The first-order chi connectivity index (χ1) is 14.9. The van der Waals surface area contributed by atoms with E-state index >= 15 is 0 Å². The van der Waals surface area contributed by atoms with Crippen molar-refractivity contribution in [3.8, 4) is 0 Å². The molecule has 0 radical (unpaired) electrons. The molecule has 3 aliphatic rings. The number of amides is 3. The van der Waals surface area contributed by atoms with E-state index in [2.05, 4.69) is 48.6 Å². The number of fused-ring (bicyclic) bond motifs is 1. The van der Waals surface area contributed by atoms with Gasteiger partial charge in [-0.1, -0.05) is 23.7 Å². The maximum absolute atomic E-state index is 13.0. The first-order valence-corrected chi connectivity index (χ1v) is 12.0. The zero-order chi connectivity index (χ0) is 21.8. The molecule has 31 heavy (non-hydrogen) atoms. The average Bonchev–Trinajstić information content (AvgIpc) is 3.06. The number of thiophene rings is 1. The number of rotatable bonds is 6. The van der Waals surface area contributed by atoms with Crippen LogP contribution < -0.4 is 10.2 Å². The van der Waals surface area contributed by atoms with Gasteiger partial charge in [0.05, 0.1) is 27.8 Å². The number of nitrogens with zero attached hydrogens (tertiary/aromatic N) is 3. The predicted octanol–water partition coefficient (Wildman–Crippen LogP) is 3.81. The monoisotopic (exact) mass is 458 g/mol. The number of hydrogen-bond acceptors (Lipinski definition) is 4. The number of benzene rings is 1. The minimum Gasteiger partial charge on any atom is -0.346 e. The molecule has 5 rings (SSSR count). The quantitative estimate of drug-likeness (QED) is 0.716. The number of nitrogens with one attached hydrogen (secondary N) is 1. The van der Waals surface area contributed by atoms with E-state index in [1.807, 2.05) is 9.80 Å². The van der Waals surface area contributed by atoms with Gasteiger partial charge in [-0.05, 0) is 63.2 Å². The van der Waals surface area contributed by atoms with E-state index < -0.39 is 0 Å². The molecule has 0 bridgehead atoms. The molecule has 2 atom stereocenters. The van der Waals surface area contributed by atoms with Crippen molar-refractivity contribution >= 4 is 40.6 Å². The van der Waals surface area contributed by atoms with Crippen LogP contribution in [0.25, 0.3) is 0 Å². The molecule has 1 aliphatic carbocycles. The van der Waals surface area contributed by atoms with E-state index in [0.717, 1.165) is 18.7 Å². The van der Waals surface area contributed by atoms with Crippen molar-refractivity contribution in [1.29, 1.82) is 0 Å². The van der Waals surface area contributed by atoms with Crippen molar-refractivity contribution in [3.63, 3.8) is 0 Å². The summed E-state index contributed by atoms with van der Waals surface area (Å²) in [5.41, 5.74) is 2.56. The van der Waals surface area contributed by atoms with E-state index in [9.17, 15) is 9.59 Å². The standard InChI is InChI=1S/C23H27ClN4O2S/c1-26(2)14-23(10-11-23)15-3-5-16(6-4-15)28-13-18-17(9-12-27(18)22(28)30)25-21(29)19-7-8-20(24)31-19/h3-8,17-18H,9-14H2,1-2H3,(H,25,29)/t17-,18-/m1/s1. The Labute approximate surface area is 191 Å². The Morgan fingerprint density at radius 2 is 1.97 bits per heavy atom. The molecule has 1 N–H and O–H groups in total. The van der Waals surface area contributed by atoms with Gasteiger partial charge >= 0.3 is 6.03 Å². The molecular weight excluding hydrogens is 432 g/mol. The van der Waals surface area contributed by atoms with E-state index in [-0.39, 0.29) is 29.4 Å². The highest BCUT2D eigenvalue weighted by Gasteiger charge is 2.47. The number of anilines is 1. The molecule has 1 aromatic carbocycles. The van der Waals surface area contributed by atoms with E-state index in [1.165, 1.54) is 29.7 Å². The van der Waals surface area contributed by atoms with Crippen molar-refractivity contribution in [2.45, 2.75) is 36.8 Å². The third kappa shape index (κ3) is 3.83. The third-order valence-electron chi connectivity index (χ3n) is 6.77. The van der Waals surface area contributed by atoms with Gasteiger partial charge in [0, 0.05) is 24.2 Å². The maximum Gasteiger partial charge on any atom is 0.324 e. The Kier molecular flexibility index (Phi) is 5.23. The van der Waals surface area contributed by atoms with Gasteiger partial charge in [-0.2, -0.15) is 0 Å². The van der Waals surface area contributed by atoms with Crippen LogP contribution in [0.5, 0.6) is 0 Å². The van der Waals surface area contributed by atoms with Gasteiger partial charge in [-0.25, -0.2) is 4.79 Å². The van der Waals surface area contributed by atoms with Crippen LogP contribution in [0.15, 0.2) is 36.4 Å². The fourth-order valence-corrected chi connectivity index (χ4v) is 6.03. The molecule has 1 saturated carbocycles. The Balaban J connectivity index is 1.27. The smallest absolute Gasteiger partial charge is 0.324 e. The van der Waals surface area contributed by atoms with E-state index in [1.54, 1.807) is 12.1 Å². The molecule has 164 valence electrons. The zero-order valence-corrected chi connectivity index (χ0v) is 19.4. The lowest BCUT2D eigenvalue weighted by Gasteiger charge is -2.22. The summed E-state index contributed by atoms with van der Waals surface area (Å²) < 4.78 is 0.599. The fraction of sp³-hybridized carbons (Fsp3) is 0.478. The van der Waals surface area contributed by atoms with Gasteiger partial charge in [0.15, 0.2) is 0 Å². The second-order valence-corrected chi connectivity index (χ2v) is 10.9. The largest absolute Gasteiger partial charge is 0.346 e. The Bertz CT molecular complexity index is 1000. The highest BCUT2D eigenvalue weighted by molar-refractivity contribution is 7.18. The summed E-state index contributed by atoms with van der Waals surface area (Å²) in [7, 11) is 4.24. The van der Waals surface area contributed by atoms with Gasteiger partial charge in [-0.15, -0.1) is 11.3 Å². The second-order valence-electron chi connectivity index (χ2n) is 9.19. The first-order valence-electron chi connectivity index (χ1n) is 10.8. The van der Waals surface area contributed by atoms with Crippen LogP contribution in [0.2, 0.25) is 4.34 Å². The number of likely N-dealkylation sites (N-methyl/N-ethyl adjacent to an activating group) is 1. The first kappa shape index (κ1) is 20.8. The van der Waals surface area contributed by atoms with E-state index in [4.69, 9.17) is 11.6 Å². The number of carbonyl (C=O) groups is 2. The molecular formula is C23H27ClN4O2S. The third-order valence-corrected chi connectivity index (χ3v) is 8.00. The molecule has 0 spiro atoms. The molecule has 3 amide bonds. The Morgan fingerprint density at radius 3 is 2.58 bits per heavy atom. The summed E-state index contributed by atoms with van der Waals surface area (Å²) >= 11 is 7.23. The van der Waals surface area contributed by atoms with Crippen LogP contribution in [0, 0.1) is 0 Å². The average molecular weight is 459 g/mol. The number of halogens is 1. The highest BCUT2D eigenvalue weighted by Crippen LogP contribution is 2.48. The molecule has 2 aromatic rings. The summed E-state index contributed by atoms with van der Waals surface area (Å²) in [6.45, 7) is 2.32. The van der Waals surface area contributed by atoms with Crippen LogP contribution >= 0.6 is 22.9 Å². The predicted molar refractivity (Wildman–Crippen MR) is 124 cm³/mol. The van der Waals surface area contributed by atoms with Gasteiger partial charge < -0.3 is 15.1 Å². The minimum absolute atomic E-state index is 0.00456. The second kappa shape index (κ2) is 7.80.